The van der Waals surface area contributed by atoms with Crippen LogP contribution in [-0.2, 0) is 0 Å². The van der Waals surface area contributed by atoms with E-state index in [9.17, 15) is 0 Å². The largest absolute Gasteiger partial charge is 0.497 e. The normalized spacial score (nSPS) is 10.7. The molecule has 146 valence electrons. The number of aromatic nitrogens is 4. The van der Waals surface area contributed by atoms with E-state index in [0.29, 0.717) is 6.61 Å². The molecule has 2 aromatic heterocycles. The molecule has 2 heterocycles. The van der Waals surface area contributed by atoms with E-state index in [1.54, 1.807) is 31.3 Å². The Balaban J connectivity index is 1.49. The molecule has 6 nitrogen and oxygen atoms in total. The van der Waals surface area contributed by atoms with Gasteiger partial charge in [-0.05, 0) is 48.5 Å². The molecule has 0 saturated carbocycles. The van der Waals surface area contributed by atoms with Crippen molar-refractivity contribution in [1.82, 2.24) is 19.7 Å². The second-order valence-electron chi connectivity index (χ2n) is 6.09. The molecular formula is C22H20N4O2S. The number of rotatable bonds is 8. The molecule has 0 radical (unpaired) electrons. The minimum atomic E-state index is 0.559. The Labute approximate surface area is 173 Å². The van der Waals surface area contributed by atoms with Crippen LogP contribution in [0.15, 0.2) is 84.3 Å². The van der Waals surface area contributed by atoms with Gasteiger partial charge >= 0.3 is 0 Å². The van der Waals surface area contributed by atoms with Crippen molar-refractivity contribution in [3.05, 3.63) is 79.1 Å². The molecule has 0 aliphatic rings. The van der Waals surface area contributed by atoms with Gasteiger partial charge in [-0.1, -0.05) is 30.0 Å². The topological polar surface area (TPSA) is 62.1 Å². The smallest absolute Gasteiger partial charge is 0.196 e. The molecule has 0 fully saturated rings. The lowest BCUT2D eigenvalue weighted by Crippen LogP contribution is -2.03. The van der Waals surface area contributed by atoms with Gasteiger partial charge in [0.2, 0.25) is 0 Å². The minimum absolute atomic E-state index is 0.559. The Bertz CT molecular complexity index is 1040. The summed E-state index contributed by atoms with van der Waals surface area (Å²) in [5.41, 5.74) is 1.99. The number of thioether (sulfide) groups is 1. The average Bonchev–Trinajstić information content (AvgIpc) is 3.22. The van der Waals surface area contributed by atoms with Crippen molar-refractivity contribution in [2.24, 2.45) is 0 Å². The highest BCUT2D eigenvalue weighted by Gasteiger charge is 2.15. The molecule has 0 atom stereocenters. The first-order valence-electron chi connectivity index (χ1n) is 9.16. The number of benzene rings is 2. The van der Waals surface area contributed by atoms with Crippen molar-refractivity contribution in [3.8, 4) is 28.6 Å². The quantitative estimate of drug-likeness (QED) is 0.318. The molecule has 29 heavy (non-hydrogen) atoms. The Morgan fingerprint density at radius 3 is 2.31 bits per heavy atom. The highest BCUT2D eigenvalue weighted by molar-refractivity contribution is 7.99. The number of pyridine rings is 1. The van der Waals surface area contributed by atoms with E-state index in [-0.39, 0.29) is 0 Å². The standard InChI is InChI=1S/C22H20N4O2S/c1-27-19-7-9-20(10-8-19)28-15-16-29-22-25-24-21(17-11-13-23-14-12-17)26(22)18-5-3-2-4-6-18/h2-14H,15-16H2,1H3. The van der Waals surface area contributed by atoms with E-state index in [0.717, 1.165) is 39.5 Å². The van der Waals surface area contributed by atoms with Gasteiger partial charge in [-0.3, -0.25) is 9.55 Å². The Morgan fingerprint density at radius 1 is 0.862 bits per heavy atom. The van der Waals surface area contributed by atoms with Crippen molar-refractivity contribution in [2.45, 2.75) is 5.16 Å². The van der Waals surface area contributed by atoms with Crippen molar-refractivity contribution >= 4 is 11.8 Å². The molecule has 0 bridgehead atoms. The van der Waals surface area contributed by atoms with E-state index < -0.39 is 0 Å². The number of para-hydroxylation sites is 1. The maximum absolute atomic E-state index is 5.82. The summed E-state index contributed by atoms with van der Waals surface area (Å²) in [4.78, 5) is 4.09. The number of methoxy groups -OCH3 is 1. The van der Waals surface area contributed by atoms with Crippen LogP contribution in [0.25, 0.3) is 17.1 Å². The number of hydrogen-bond acceptors (Lipinski definition) is 6. The zero-order chi connectivity index (χ0) is 19.9. The fourth-order valence-electron chi connectivity index (χ4n) is 2.83. The van der Waals surface area contributed by atoms with Crippen LogP contribution in [0, 0.1) is 0 Å². The molecular weight excluding hydrogens is 384 g/mol. The molecule has 4 aromatic rings. The summed E-state index contributed by atoms with van der Waals surface area (Å²) >= 11 is 1.61. The highest BCUT2D eigenvalue weighted by atomic mass is 32.2. The molecule has 4 rings (SSSR count). The van der Waals surface area contributed by atoms with E-state index in [1.165, 1.54) is 0 Å². The summed E-state index contributed by atoms with van der Waals surface area (Å²) in [6.07, 6.45) is 3.52. The lowest BCUT2D eigenvalue weighted by atomic mass is 10.2. The molecule has 0 amide bonds. The van der Waals surface area contributed by atoms with E-state index in [2.05, 4.69) is 19.7 Å². The zero-order valence-corrected chi connectivity index (χ0v) is 16.7. The van der Waals surface area contributed by atoms with Gasteiger partial charge in [-0.25, -0.2) is 0 Å². The van der Waals surface area contributed by atoms with E-state index in [4.69, 9.17) is 9.47 Å². The SMILES string of the molecule is COc1ccc(OCCSc2nnc(-c3ccncc3)n2-c2ccccc2)cc1. The first-order chi connectivity index (χ1) is 14.3. The van der Waals surface area contributed by atoms with Crippen LogP contribution in [0.1, 0.15) is 0 Å². The monoisotopic (exact) mass is 404 g/mol. The molecule has 0 unspecified atom stereocenters. The fourth-order valence-corrected chi connectivity index (χ4v) is 3.59. The second kappa shape index (κ2) is 9.25. The molecule has 0 N–H and O–H groups in total. The summed E-state index contributed by atoms with van der Waals surface area (Å²) in [5, 5.41) is 9.67. The first kappa shape index (κ1) is 19.0. The van der Waals surface area contributed by atoms with E-state index >= 15 is 0 Å². The highest BCUT2D eigenvalue weighted by Crippen LogP contribution is 2.27. The molecule has 0 saturated heterocycles. The van der Waals surface area contributed by atoms with Crippen LogP contribution >= 0.6 is 11.8 Å². The van der Waals surface area contributed by atoms with E-state index in [1.807, 2.05) is 66.7 Å². The van der Waals surface area contributed by atoms with Crippen molar-refractivity contribution in [3.63, 3.8) is 0 Å². The van der Waals surface area contributed by atoms with Crippen molar-refractivity contribution < 1.29 is 9.47 Å². The van der Waals surface area contributed by atoms with Gasteiger partial charge in [0.25, 0.3) is 0 Å². The average molecular weight is 404 g/mol. The van der Waals surface area contributed by atoms with Gasteiger partial charge in [-0.2, -0.15) is 0 Å². The molecule has 7 heteroatoms. The number of hydrogen-bond donors (Lipinski definition) is 0. The first-order valence-corrected chi connectivity index (χ1v) is 10.1. The van der Waals surface area contributed by atoms with Crippen LogP contribution in [0.5, 0.6) is 11.5 Å². The van der Waals surface area contributed by atoms with Gasteiger partial charge < -0.3 is 9.47 Å². The van der Waals surface area contributed by atoms with Crippen LogP contribution < -0.4 is 9.47 Å². The molecule has 0 spiro atoms. The summed E-state index contributed by atoms with van der Waals surface area (Å²) in [7, 11) is 1.65. The second-order valence-corrected chi connectivity index (χ2v) is 7.15. The number of nitrogens with zero attached hydrogens (tertiary/aromatic N) is 4. The third kappa shape index (κ3) is 4.57. The predicted molar refractivity (Wildman–Crippen MR) is 114 cm³/mol. The Hall–Kier alpha value is -3.32. The van der Waals surface area contributed by atoms with Crippen LogP contribution in [0.3, 0.4) is 0 Å². The molecule has 0 aliphatic carbocycles. The van der Waals surface area contributed by atoms with Crippen LogP contribution in [0.4, 0.5) is 0 Å². The Morgan fingerprint density at radius 2 is 1.59 bits per heavy atom. The summed E-state index contributed by atoms with van der Waals surface area (Å²) < 4.78 is 13.1. The lowest BCUT2D eigenvalue weighted by molar-refractivity contribution is 0.342. The van der Waals surface area contributed by atoms with Crippen molar-refractivity contribution in [2.75, 3.05) is 19.5 Å². The fraction of sp³-hybridized carbons (Fsp3) is 0.136. The maximum Gasteiger partial charge on any atom is 0.196 e. The third-order valence-electron chi connectivity index (χ3n) is 4.23. The summed E-state index contributed by atoms with van der Waals surface area (Å²) in [5.74, 6) is 3.16. The zero-order valence-electron chi connectivity index (χ0n) is 15.9. The summed E-state index contributed by atoms with van der Waals surface area (Å²) in [6.45, 7) is 0.559. The molecule has 0 aliphatic heterocycles. The van der Waals surface area contributed by atoms with Crippen LogP contribution in [0.2, 0.25) is 0 Å². The van der Waals surface area contributed by atoms with Crippen LogP contribution in [-0.4, -0.2) is 39.2 Å². The van der Waals surface area contributed by atoms with Gasteiger partial charge in [0, 0.05) is 29.4 Å². The van der Waals surface area contributed by atoms with Gasteiger partial charge in [0.15, 0.2) is 11.0 Å². The maximum atomic E-state index is 5.82. The predicted octanol–water partition coefficient (Wildman–Crippen LogP) is 4.51. The Kier molecular flexibility index (Phi) is 6.07. The minimum Gasteiger partial charge on any atom is -0.497 e. The molecule has 2 aromatic carbocycles. The van der Waals surface area contributed by atoms with Gasteiger partial charge in [-0.15, -0.1) is 10.2 Å². The van der Waals surface area contributed by atoms with Gasteiger partial charge in [0.05, 0.1) is 13.7 Å². The lowest BCUT2D eigenvalue weighted by Gasteiger charge is -2.10. The van der Waals surface area contributed by atoms with Gasteiger partial charge in [0.1, 0.15) is 11.5 Å². The summed E-state index contributed by atoms with van der Waals surface area (Å²) in [6, 6.07) is 21.5. The number of ether oxygens (including phenoxy) is 2. The van der Waals surface area contributed by atoms with Crippen molar-refractivity contribution in [1.29, 1.82) is 0 Å². The third-order valence-corrected chi connectivity index (χ3v) is 5.12.